The van der Waals surface area contributed by atoms with E-state index in [4.69, 9.17) is 11.7 Å². The first kappa shape index (κ1) is 20.2. The lowest BCUT2D eigenvalue weighted by molar-refractivity contribution is -0.117. The molecule has 0 bridgehead atoms. The Labute approximate surface area is 124 Å². The third kappa shape index (κ3) is 8.58. The molecule has 6 heteroatoms. The Balaban J connectivity index is 0. The summed E-state index contributed by atoms with van der Waals surface area (Å²) in [7, 11) is 3.31. The number of hydrazine groups is 2. The number of aryl methyl sites for hydroxylation is 1. The molecule has 19 heavy (non-hydrogen) atoms. The maximum absolute atomic E-state index is 9.31. The minimum atomic E-state index is 0.528. The number of nitrogens with two attached hydrogens (primary N) is 2. The molecule has 0 heterocycles. The van der Waals surface area contributed by atoms with Gasteiger partial charge in [0.15, 0.2) is 0 Å². The SMILES string of the molecule is CC.CN(N)C=O.Cc1cccc(N(C)N)c1CBr. The van der Waals surface area contributed by atoms with E-state index < -0.39 is 0 Å². The second-order valence-corrected chi connectivity index (χ2v) is 4.15. The molecule has 0 unspecified atom stereocenters. The van der Waals surface area contributed by atoms with Gasteiger partial charge in [0.25, 0.3) is 0 Å². The Morgan fingerprint density at radius 1 is 1.26 bits per heavy atom. The first-order valence-corrected chi connectivity index (χ1v) is 7.11. The molecule has 0 fully saturated rings. The standard InChI is InChI=1S/C9H13BrN2.C2H6N2O.C2H6/c1-7-4-3-5-9(12(2)11)8(7)6-10;1-4(3)2-5;1-2/h3-5H,6,11H2,1-2H3;2H,3H2,1H3;1-2H3. The maximum Gasteiger partial charge on any atom is 0.223 e. The lowest BCUT2D eigenvalue weighted by Crippen LogP contribution is -2.26. The van der Waals surface area contributed by atoms with Gasteiger partial charge in [0.05, 0.1) is 5.69 Å². The van der Waals surface area contributed by atoms with Crippen LogP contribution in [-0.4, -0.2) is 25.5 Å². The summed E-state index contributed by atoms with van der Waals surface area (Å²) in [5, 5.41) is 3.43. The van der Waals surface area contributed by atoms with Gasteiger partial charge in [0.2, 0.25) is 6.41 Å². The quantitative estimate of drug-likeness (QED) is 0.292. The van der Waals surface area contributed by atoms with Gasteiger partial charge in [-0.2, -0.15) is 0 Å². The van der Waals surface area contributed by atoms with Crippen molar-refractivity contribution in [1.29, 1.82) is 0 Å². The van der Waals surface area contributed by atoms with E-state index in [-0.39, 0.29) is 0 Å². The average molecular weight is 333 g/mol. The zero-order valence-corrected chi connectivity index (χ0v) is 13.9. The second-order valence-electron chi connectivity index (χ2n) is 3.59. The summed E-state index contributed by atoms with van der Waals surface area (Å²) < 4.78 is 0. The summed E-state index contributed by atoms with van der Waals surface area (Å²) in [6, 6.07) is 6.12. The summed E-state index contributed by atoms with van der Waals surface area (Å²) in [6.07, 6.45) is 0.528. The van der Waals surface area contributed by atoms with Crippen LogP contribution < -0.4 is 16.7 Å². The van der Waals surface area contributed by atoms with Gasteiger partial charge in [-0.15, -0.1) is 0 Å². The number of amides is 1. The van der Waals surface area contributed by atoms with E-state index in [1.54, 1.807) is 5.01 Å². The summed E-state index contributed by atoms with van der Waals surface area (Å²) in [4.78, 5) is 9.31. The molecule has 1 amide bonds. The summed E-state index contributed by atoms with van der Waals surface area (Å²) in [5.74, 6) is 10.4. The van der Waals surface area contributed by atoms with Crippen molar-refractivity contribution in [1.82, 2.24) is 5.01 Å². The Morgan fingerprint density at radius 2 is 1.74 bits per heavy atom. The molecule has 1 rings (SSSR count). The number of halogens is 1. The molecule has 0 radical (unpaired) electrons. The van der Waals surface area contributed by atoms with E-state index in [2.05, 4.69) is 28.9 Å². The fraction of sp³-hybridized carbons (Fsp3) is 0.462. The summed E-state index contributed by atoms with van der Waals surface area (Å²) in [6.45, 7) is 6.09. The first-order chi connectivity index (χ1) is 8.93. The highest BCUT2D eigenvalue weighted by atomic mass is 79.9. The van der Waals surface area contributed by atoms with E-state index in [9.17, 15) is 4.79 Å². The molecule has 0 aromatic heterocycles. The molecular formula is C13H25BrN4O. The molecule has 0 spiro atoms. The fourth-order valence-electron chi connectivity index (χ4n) is 1.19. The van der Waals surface area contributed by atoms with Crippen molar-refractivity contribution in [2.45, 2.75) is 26.1 Å². The Kier molecular flexibility index (Phi) is 12.7. The average Bonchev–Trinajstić information content (AvgIpc) is 2.41. The molecule has 0 aliphatic rings. The van der Waals surface area contributed by atoms with Gasteiger partial charge in [-0.05, 0) is 24.1 Å². The van der Waals surface area contributed by atoms with Crippen LogP contribution in [0.3, 0.4) is 0 Å². The smallest absolute Gasteiger partial charge is 0.223 e. The van der Waals surface area contributed by atoms with Crippen LogP contribution >= 0.6 is 15.9 Å². The van der Waals surface area contributed by atoms with Crippen molar-refractivity contribution in [2.24, 2.45) is 11.7 Å². The van der Waals surface area contributed by atoms with Crippen LogP contribution in [-0.2, 0) is 10.1 Å². The lowest BCUT2D eigenvalue weighted by atomic mass is 10.1. The lowest BCUT2D eigenvalue weighted by Gasteiger charge is -2.17. The second kappa shape index (κ2) is 12.0. The number of carbonyl (C=O) groups excluding carboxylic acids is 1. The molecule has 0 saturated carbocycles. The van der Waals surface area contributed by atoms with Gasteiger partial charge < -0.3 is 5.01 Å². The fourth-order valence-corrected chi connectivity index (χ4v) is 1.92. The van der Waals surface area contributed by atoms with Crippen LogP contribution in [0.1, 0.15) is 25.0 Å². The van der Waals surface area contributed by atoms with Crippen molar-refractivity contribution in [3.63, 3.8) is 0 Å². The number of nitrogens with zero attached hydrogens (tertiary/aromatic N) is 2. The van der Waals surface area contributed by atoms with Gasteiger partial charge in [-0.1, -0.05) is 41.9 Å². The number of rotatable bonds is 3. The van der Waals surface area contributed by atoms with Gasteiger partial charge in [0.1, 0.15) is 0 Å². The normalized spacial score (nSPS) is 8.42. The van der Waals surface area contributed by atoms with Crippen LogP contribution in [0.25, 0.3) is 0 Å². The van der Waals surface area contributed by atoms with E-state index >= 15 is 0 Å². The summed E-state index contributed by atoms with van der Waals surface area (Å²) >= 11 is 3.45. The molecule has 0 atom stereocenters. The molecule has 0 aliphatic heterocycles. The van der Waals surface area contributed by atoms with Crippen LogP contribution in [0.2, 0.25) is 0 Å². The highest BCUT2D eigenvalue weighted by Crippen LogP contribution is 2.23. The molecule has 0 aliphatic carbocycles. The van der Waals surface area contributed by atoms with Crippen molar-refractivity contribution in [2.75, 3.05) is 19.1 Å². The predicted octanol–water partition coefficient (Wildman–Crippen LogP) is 2.17. The van der Waals surface area contributed by atoms with Crippen LogP contribution in [0.4, 0.5) is 5.69 Å². The predicted molar refractivity (Wildman–Crippen MR) is 85.8 cm³/mol. The third-order valence-electron chi connectivity index (χ3n) is 2.07. The number of anilines is 1. The molecule has 5 nitrogen and oxygen atoms in total. The molecule has 1 aromatic carbocycles. The molecule has 110 valence electrons. The van der Waals surface area contributed by atoms with Crippen molar-refractivity contribution >= 4 is 28.0 Å². The van der Waals surface area contributed by atoms with Crippen LogP contribution in [0, 0.1) is 6.92 Å². The van der Waals surface area contributed by atoms with Crippen LogP contribution in [0.15, 0.2) is 18.2 Å². The molecule has 1 aromatic rings. The van der Waals surface area contributed by atoms with Crippen molar-refractivity contribution in [3.05, 3.63) is 29.3 Å². The maximum atomic E-state index is 9.31. The highest BCUT2D eigenvalue weighted by molar-refractivity contribution is 9.08. The Hall–Kier alpha value is -1.11. The number of hydrogen-bond acceptors (Lipinski definition) is 4. The van der Waals surface area contributed by atoms with Crippen molar-refractivity contribution < 1.29 is 4.79 Å². The van der Waals surface area contributed by atoms with Crippen LogP contribution in [0.5, 0.6) is 0 Å². The van der Waals surface area contributed by atoms with Gasteiger partial charge >= 0.3 is 0 Å². The zero-order chi connectivity index (χ0) is 15.4. The number of benzene rings is 1. The zero-order valence-electron chi connectivity index (χ0n) is 12.4. The first-order valence-electron chi connectivity index (χ1n) is 5.99. The van der Waals surface area contributed by atoms with Gasteiger partial charge in [-0.25, -0.2) is 11.7 Å². The number of hydrogen-bond donors (Lipinski definition) is 2. The number of carbonyl (C=O) groups is 1. The van der Waals surface area contributed by atoms with E-state index in [1.807, 2.05) is 33.0 Å². The van der Waals surface area contributed by atoms with E-state index in [1.165, 1.54) is 18.2 Å². The molecule has 0 saturated heterocycles. The highest BCUT2D eigenvalue weighted by Gasteiger charge is 2.04. The number of alkyl halides is 1. The minimum absolute atomic E-state index is 0.528. The van der Waals surface area contributed by atoms with E-state index in [0.717, 1.165) is 16.0 Å². The summed E-state index contributed by atoms with van der Waals surface area (Å²) in [5.41, 5.74) is 3.59. The van der Waals surface area contributed by atoms with Gasteiger partial charge in [0, 0.05) is 19.4 Å². The Bertz CT molecular complexity index is 356. The largest absolute Gasteiger partial charge is 0.314 e. The minimum Gasteiger partial charge on any atom is -0.314 e. The topological polar surface area (TPSA) is 75.6 Å². The monoisotopic (exact) mass is 332 g/mol. The van der Waals surface area contributed by atoms with Crippen molar-refractivity contribution in [3.8, 4) is 0 Å². The molecular weight excluding hydrogens is 308 g/mol. The molecule has 4 N–H and O–H groups in total. The Morgan fingerprint density at radius 3 is 2.00 bits per heavy atom. The van der Waals surface area contributed by atoms with E-state index in [0.29, 0.717) is 6.41 Å². The van der Waals surface area contributed by atoms with Gasteiger partial charge in [-0.3, -0.25) is 9.80 Å². The third-order valence-corrected chi connectivity index (χ3v) is 2.63.